The number of hydrogen-bond acceptors (Lipinski definition) is 8. The monoisotopic (exact) mass is 539 g/mol. The number of aliphatic hydroxyl groups is 1. The van der Waals surface area contributed by atoms with Gasteiger partial charge >= 0.3 is 0 Å². The Labute approximate surface area is 216 Å². The normalized spacial score (nSPS) is 24.6. The smallest absolute Gasteiger partial charge is 0.225 e. The van der Waals surface area contributed by atoms with Gasteiger partial charge in [-0.25, -0.2) is 9.97 Å². The summed E-state index contributed by atoms with van der Waals surface area (Å²) in [5.41, 5.74) is 7.18. The van der Waals surface area contributed by atoms with Crippen LogP contribution >= 0.6 is 34.8 Å². The average Bonchev–Trinajstić information content (AvgIpc) is 3.38. The molecule has 2 aliphatic rings. The van der Waals surface area contributed by atoms with Gasteiger partial charge in [-0.15, -0.1) is 0 Å². The van der Waals surface area contributed by atoms with Crippen LogP contribution in [0.5, 0.6) is 0 Å². The molecule has 1 aliphatic carbocycles. The predicted molar refractivity (Wildman–Crippen MR) is 135 cm³/mol. The molecule has 2 aromatic heterocycles. The minimum Gasteiger partial charge on any atom is -0.388 e. The standard InChI is InChI=1S/C22H24Cl3N7O3/c23-11-5-13(24)18(14(25)6-11)30-22-29-15-7-27-21(28-16-8-35-9-17(16)33)31-20(15)32(22)12-3-1-10(2-4-12)19(26)34/h5-7,10,12,16-17,33H,1-4,8-9H2,(H2,26,34)(H,29,30)(H,27,28,31)/t10?,12?,16-,17-/m1/s1. The minimum atomic E-state index is -0.644. The number of nitrogens with one attached hydrogen (secondary N) is 2. The van der Waals surface area contributed by atoms with Gasteiger partial charge in [-0.3, -0.25) is 9.36 Å². The lowest BCUT2D eigenvalue weighted by atomic mass is 9.85. The largest absolute Gasteiger partial charge is 0.388 e. The molecule has 0 unspecified atom stereocenters. The zero-order valence-electron chi connectivity index (χ0n) is 18.5. The van der Waals surface area contributed by atoms with Crippen molar-refractivity contribution in [2.45, 2.75) is 43.9 Å². The van der Waals surface area contributed by atoms with Crippen molar-refractivity contribution in [1.82, 2.24) is 19.5 Å². The summed E-state index contributed by atoms with van der Waals surface area (Å²) < 4.78 is 7.30. The summed E-state index contributed by atoms with van der Waals surface area (Å²) in [5.74, 6) is 0.425. The number of nitrogens with two attached hydrogens (primary N) is 1. The Morgan fingerprint density at radius 2 is 1.83 bits per heavy atom. The van der Waals surface area contributed by atoms with Gasteiger partial charge in [0, 0.05) is 17.0 Å². The Kier molecular flexibility index (Phi) is 6.91. The van der Waals surface area contributed by atoms with E-state index in [1.807, 2.05) is 4.57 Å². The molecule has 186 valence electrons. The molecule has 0 radical (unpaired) electrons. The number of halogens is 3. The molecule has 1 saturated carbocycles. The zero-order chi connectivity index (χ0) is 24.7. The molecule has 1 amide bonds. The number of aliphatic hydroxyl groups excluding tert-OH is 1. The van der Waals surface area contributed by atoms with Gasteiger partial charge in [-0.1, -0.05) is 34.8 Å². The molecule has 3 aromatic rings. The van der Waals surface area contributed by atoms with E-state index in [-0.39, 0.29) is 30.5 Å². The van der Waals surface area contributed by atoms with Crippen LogP contribution in [0.3, 0.4) is 0 Å². The van der Waals surface area contributed by atoms with Crippen molar-refractivity contribution in [3.8, 4) is 0 Å². The second-order valence-corrected chi connectivity index (χ2v) is 10.1. The number of carbonyl (C=O) groups excluding carboxylic acids is 1. The third kappa shape index (κ3) is 4.99. The molecule has 2 atom stereocenters. The van der Waals surface area contributed by atoms with Gasteiger partial charge in [0.15, 0.2) is 5.65 Å². The summed E-state index contributed by atoms with van der Waals surface area (Å²) in [6, 6.07) is 2.89. The van der Waals surface area contributed by atoms with Crippen LogP contribution < -0.4 is 16.4 Å². The number of nitrogens with zero attached hydrogens (tertiary/aromatic N) is 4. The molecule has 10 nitrogen and oxygen atoms in total. The highest BCUT2D eigenvalue weighted by atomic mass is 35.5. The average molecular weight is 541 g/mol. The fourth-order valence-electron chi connectivity index (χ4n) is 4.63. The molecule has 1 aliphatic heterocycles. The maximum absolute atomic E-state index is 11.7. The second kappa shape index (κ2) is 9.94. The quantitative estimate of drug-likeness (QED) is 0.369. The number of benzene rings is 1. The number of aromatic nitrogens is 4. The summed E-state index contributed by atoms with van der Waals surface area (Å²) in [4.78, 5) is 25.5. The Morgan fingerprint density at radius 1 is 1.11 bits per heavy atom. The van der Waals surface area contributed by atoms with Gasteiger partial charge < -0.3 is 26.2 Å². The van der Waals surface area contributed by atoms with E-state index in [9.17, 15) is 9.90 Å². The van der Waals surface area contributed by atoms with Crippen molar-refractivity contribution in [2.24, 2.45) is 11.7 Å². The number of imidazole rings is 1. The fraction of sp³-hybridized carbons (Fsp3) is 0.455. The van der Waals surface area contributed by atoms with E-state index in [2.05, 4.69) is 15.6 Å². The first-order valence-electron chi connectivity index (χ1n) is 11.3. The number of primary amides is 1. The highest BCUT2D eigenvalue weighted by Gasteiger charge is 2.30. The Hall–Kier alpha value is -2.37. The number of rotatable bonds is 6. The lowest BCUT2D eigenvalue weighted by Crippen LogP contribution is -2.32. The van der Waals surface area contributed by atoms with Gasteiger partial charge in [-0.05, 0) is 37.8 Å². The number of ether oxygens (including phenoxy) is 1. The van der Waals surface area contributed by atoms with E-state index in [1.54, 1.807) is 18.3 Å². The third-order valence-electron chi connectivity index (χ3n) is 6.51. The van der Waals surface area contributed by atoms with Crippen LogP contribution in [0.2, 0.25) is 15.1 Å². The molecule has 1 saturated heterocycles. The first-order chi connectivity index (χ1) is 16.8. The molecule has 35 heavy (non-hydrogen) atoms. The molecule has 2 fully saturated rings. The molecule has 0 bridgehead atoms. The fourth-order valence-corrected chi connectivity index (χ4v) is 5.54. The van der Waals surface area contributed by atoms with E-state index in [1.165, 1.54) is 0 Å². The molecule has 5 rings (SSSR count). The van der Waals surface area contributed by atoms with Crippen LogP contribution in [0, 0.1) is 5.92 Å². The first kappa shape index (κ1) is 24.3. The van der Waals surface area contributed by atoms with Crippen LogP contribution in [-0.4, -0.2) is 55.9 Å². The van der Waals surface area contributed by atoms with Crippen molar-refractivity contribution in [1.29, 1.82) is 0 Å². The van der Waals surface area contributed by atoms with Crippen LogP contribution in [0.15, 0.2) is 18.3 Å². The van der Waals surface area contributed by atoms with Gasteiger partial charge in [0.2, 0.25) is 17.8 Å². The maximum atomic E-state index is 11.7. The summed E-state index contributed by atoms with van der Waals surface area (Å²) in [5, 5.41) is 17.6. The van der Waals surface area contributed by atoms with Gasteiger partial charge in [0.05, 0.1) is 47.3 Å². The number of anilines is 3. The first-order valence-corrected chi connectivity index (χ1v) is 12.4. The Bertz CT molecular complexity index is 1240. The molecular weight excluding hydrogens is 517 g/mol. The molecule has 13 heteroatoms. The maximum Gasteiger partial charge on any atom is 0.225 e. The van der Waals surface area contributed by atoms with E-state index < -0.39 is 6.10 Å². The molecule has 0 spiro atoms. The minimum absolute atomic E-state index is 0.00565. The van der Waals surface area contributed by atoms with Crippen molar-refractivity contribution >= 4 is 69.5 Å². The highest BCUT2D eigenvalue weighted by Crippen LogP contribution is 2.40. The predicted octanol–water partition coefficient (Wildman–Crippen LogP) is 3.92. The highest BCUT2D eigenvalue weighted by molar-refractivity contribution is 6.41. The van der Waals surface area contributed by atoms with Crippen LogP contribution in [-0.2, 0) is 9.53 Å². The van der Waals surface area contributed by atoms with E-state index >= 15 is 0 Å². The summed E-state index contributed by atoms with van der Waals surface area (Å²) in [6.45, 7) is 0.622. The van der Waals surface area contributed by atoms with Crippen molar-refractivity contribution in [2.75, 3.05) is 23.8 Å². The zero-order valence-corrected chi connectivity index (χ0v) is 20.8. The van der Waals surface area contributed by atoms with Crippen LogP contribution in [0.1, 0.15) is 31.7 Å². The van der Waals surface area contributed by atoms with Crippen molar-refractivity contribution < 1.29 is 14.6 Å². The van der Waals surface area contributed by atoms with E-state index in [4.69, 9.17) is 55.2 Å². The van der Waals surface area contributed by atoms with Crippen molar-refractivity contribution in [3.05, 3.63) is 33.4 Å². The van der Waals surface area contributed by atoms with Crippen molar-refractivity contribution in [3.63, 3.8) is 0 Å². The molecule has 1 aromatic carbocycles. The topological polar surface area (TPSA) is 140 Å². The Balaban J connectivity index is 1.54. The number of amides is 1. The molecular formula is C22H24Cl3N7O3. The SMILES string of the molecule is NC(=O)C1CCC(n2c(Nc3c(Cl)cc(Cl)cc3Cl)nc3cnc(N[C@@H]4COC[C@H]4O)nc32)CC1. The van der Waals surface area contributed by atoms with Gasteiger partial charge in [0.25, 0.3) is 0 Å². The summed E-state index contributed by atoms with van der Waals surface area (Å²) in [7, 11) is 0. The van der Waals surface area contributed by atoms with Crippen LogP contribution in [0.25, 0.3) is 11.2 Å². The lowest BCUT2D eigenvalue weighted by Gasteiger charge is -2.29. The lowest BCUT2D eigenvalue weighted by molar-refractivity contribution is -0.122. The number of hydrogen-bond donors (Lipinski definition) is 4. The Morgan fingerprint density at radius 3 is 2.46 bits per heavy atom. The number of carbonyl (C=O) groups is 1. The van der Waals surface area contributed by atoms with Gasteiger partial charge in [0.1, 0.15) is 5.52 Å². The van der Waals surface area contributed by atoms with Crippen LogP contribution in [0.4, 0.5) is 17.6 Å². The van der Waals surface area contributed by atoms with E-state index in [0.717, 1.165) is 12.8 Å². The van der Waals surface area contributed by atoms with Gasteiger partial charge in [-0.2, -0.15) is 4.98 Å². The summed E-state index contributed by atoms with van der Waals surface area (Å²) >= 11 is 18.9. The second-order valence-electron chi connectivity index (χ2n) is 8.84. The van der Waals surface area contributed by atoms with E-state index in [0.29, 0.717) is 63.3 Å². The summed E-state index contributed by atoms with van der Waals surface area (Å²) in [6.07, 6.45) is 3.76. The third-order valence-corrected chi connectivity index (χ3v) is 7.32. The molecule has 5 N–H and O–H groups in total. The number of fused-ring (bicyclic) bond motifs is 1. The molecule has 3 heterocycles.